The van der Waals surface area contributed by atoms with Crippen LogP contribution in [0, 0.1) is 5.82 Å². The number of nitrogens with zero attached hydrogens (tertiary/aromatic N) is 1. The quantitative estimate of drug-likeness (QED) is 0.867. The molecule has 2 rings (SSSR count). The highest BCUT2D eigenvalue weighted by Crippen LogP contribution is 2.18. The summed E-state index contributed by atoms with van der Waals surface area (Å²) in [5, 5.41) is 12.8. The number of nitrogens with one attached hydrogen (secondary N) is 1. The maximum absolute atomic E-state index is 13.2. The number of hydrogen-bond acceptors (Lipinski definition) is 3. The van der Waals surface area contributed by atoms with Crippen LogP contribution in [-0.2, 0) is 6.54 Å². The smallest absolute Gasteiger partial charge is 0.127 e. The van der Waals surface area contributed by atoms with Crippen molar-refractivity contribution in [3.8, 4) is 5.75 Å². The fraction of sp³-hybridized carbons (Fsp3) is 0.538. The first-order valence-corrected chi connectivity index (χ1v) is 6.00. The van der Waals surface area contributed by atoms with Gasteiger partial charge >= 0.3 is 0 Å². The van der Waals surface area contributed by atoms with Crippen molar-refractivity contribution in [1.82, 2.24) is 10.2 Å². The Morgan fingerprint density at radius 2 is 2.11 bits per heavy atom. The van der Waals surface area contributed by atoms with E-state index in [1.165, 1.54) is 6.07 Å². The zero-order valence-electron chi connectivity index (χ0n) is 10.7. The predicted molar refractivity (Wildman–Crippen MR) is 72.6 cm³/mol. The third kappa shape index (κ3) is 3.83. The molecule has 0 radical (unpaired) electrons. The standard InChI is InChI=1S/C13H19FN2O.ClH/c1-9-7-16(10(2)6-15-9)8-11-3-12(14)5-13(17)4-11;/h3-5,9-10,15,17H,6-8H2,1-2H3;1H. The molecular weight excluding hydrogens is 255 g/mol. The van der Waals surface area contributed by atoms with Gasteiger partial charge < -0.3 is 10.4 Å². The molecule has 0 amide bonds. The first kappa shape index (κ1) is 15.2. The lowest BCUT2D eigenvalue weighted by Crippen LogP contribution is -2.53. The number of piperazine rings is 1. The average Bonchev–Trinajstić information content (AvgIpc) is 2.22. The number of hydrogen-bond donors (Lipinski definition) is 2. The highest BCUT2D eigenvalue weighted by molar-refractivity contribution is 5.85. The Morgan fingerprint density at radius 1 is 1.39 bits per heavy atom. The molecule has 0 bridgehead atoms. The van der Waals surface area contributed by atoms with Crippen LogP contribution < -0.4 is 5.32 Å². The zero-order valence-corrected chi connectivity index (χ0v) is 11.5. The molecule has 1 aromatic carbocycles. The molecule has 2 N–H and O–H groups in total. The fourth-order valence-electron chi connectivity index (χ4n) is 2.28. The fourth-order valence-corrected chi connectivity index (χ4v) is 2.28. The molecule has 102 valence electrons. The van der Waals surface area contributed by atoms with Crippen molar-refractivity contribution in [2.75, 3.05) is 13.1 Å². The minimum atomic E-state index is -0.379. The Kier molecular flexibility index (Phi) is 5.38. The molecule has 2 atom stereocenters. The molecule has 3 nitrogen and oxygen atoms in total. The van der Waals surface area contributed by atoms with E-state index in [4.69, 9.17) is 0 Å². The summed E-state index contributed by atoms with van der Waals surface area (Å²) in [6.45, 7) is 6.86. The van der Waals surface area contributed by atoms with Crippen molar-refractivity contribution in [3.05, 3.63) is 29.6 Å². The van der Waals surface area contributed by atoms with Crippen LogP contribution in [0.3, 0.4) is 0 Å². The predicted octanol–water partition coefficient (Wildman–Crippen LogP) is 2.14. The normalized spacial score (nSPS) is 24.6. The first-order valence-electron chi connectivity index (χ1n) is 6.00. The SMILES string of the molecule is CC1CN(Cc2cc(O)cc(F)c2)C(C)CN1.Cl. The number of halogens is 2. The van der Waals surface area contributed by atoms with E-state index < -0.39 is 0 Å². The highest BCUT2D eigenvalue weighted by Gasteiger charge is 2.22. The Labute approximate surface area is 113 Å². The zero-order chi connectivity index (χ0) is 12.4. The van der Waals surface area contributed by atoms with Crippen LogP contribution >= 0.6 is 12.4 Å². The van der Waals surface area contributed by atoms with Crippen LogP contribution in [0.1, 0.15) is 19.4 Å². The van der Waals surface area contributed by atoms with Crippen molar-refractivity contribution < 1.29 is 9.50 Å². The number of phenols is 1. The molecule has 1 heterocycles. The summed E-state index contributed by atoms with van der Waals surface area (Å²) >= 11 is 0. The maximum Gasteiger partial charge on any atom is 0.127 e. The second kappa shape index (κ2) is 6.36. The molecule has 0 spiro atoms. The summed E-state index contributed by atoms with van der Waals surface area (Å²) in [6, 6.07) is 5.12. The van der Waals surface area contributed by atoms with Gasteiger partial charge in [0.25, 0.3) is 0 Å². The molecule has 1 aliphatic heterocycles. The van der Waals surface area contributed by atoms with Gasteiger partial charge in [0.1, 0.15) is 11.6 Å². The molecule has 2 unspecified atom stereocenters. The molecule has 1 fully saturated rings. The third-order valence-electron chi connectivity index (χ3n) is 3.22. The van der Waals surface area contributed by atoms with E-state index in [1.54, 1.807) is 6.07 Å². The molecule has 0 aromatic heterocycles. The van der Waals surface area contributed by atoms with Gasteiger partial charge in [-0.05, 0) is 31.5 Å². The highest BCUT2D eigenvalue weighted by atomic mass is 35.5. The minimum Gasteiger partial charge on any atom is -0.508 e. The largest absolute Gasteiger partial charge is 0.508 e. The number of benzene rings is 1. The molecule has 1 saturated heterocycles. The molecule has 18 heavy (non-hydrogen) atoms. The second-order valence-corrected chi connectivity index (χ2v) is 4.91. The van der Waals surface area contributed by atoms with Gasteiger partial charge in [-0.15, -0.1) is 12.4 Å². The van der Waals surface area contributed by atoms with Crippen LogP contribution in [0.4, 0.5) is 4.39 Å². The van der Waals surface area contributed by atoms with Crippen LogP contribution in [0.2, 0.25) is 0 Å². The second-order valence-electron chi connectivity index (χ2n) is 4.91. The Morgan fingerprint density at radius 3 is 2.78 bits per heavy atom. The lowest BCUT2D eigenvalue weighted by atomic mass is 10.1. The summed E-state index contributed by atoms with van der Waals surface area (Å²) in [7, 11) is 0. The van der Waals surface area contributed by atoms with Crippen molar-refractivity contribution in [3.63, 3.8) is 0 Å². The van der Waals surface area contributed by atoms with Crippen molar-refractivity contribution in [2.45, 2.75) is 32.5 Å². The summed E-state index contributed by atoms with van der Waals surface area (Å²) in [5.74, 6) is -0.383. The van der Waals surface area contributed by atoms with Gasteiger partial charge in [0.2, 0.25) is 0 Å². The summed E-state index contributed by atoms with van der Waals surface area (Å²) in [4.78, 5) is 2.30. The van der Waals surface area contributed by atoms with E-state index in [0.29, 0.717) is 18.6 Å². The van der Waals surface area contributed by atoms with Crippen molar-refractivity contribution in [2.24, 2.45) is 0 Å². The number of phenolic OH excluding ortho intramolecular Hbond substituents is 1. The summed E-state index contributed by atoms with van der Waals surface area (Å²) in [5.41, 5.74) is 0.823. The van der Waals surface area contributed by atoms with Gasteiger partial charge in [-0.2, -0.15) is 0 Å². The Bertz CT molecular complexity index is 382. The van der Waals surface area contributed by atoms with Gasteiger partial charge in [-0.1, -0.05) is 0 Å². The lowest BCUT2D eigenvalue weighted by molar-refractivity contribution is 0.138. The molecule has 1 aliphatic rings. The summed E-state index contributed by atoms with van der Waals surface area (Å²) in [6.07, 6.45) is 0. The summed E-state index contributed by atoms with van der Waals surface area (Å²) < 4.78 is 13.2. The van der Waals surface area contributed by atoms with E-state index in [9.17, 15) is 9.50 Å². The average molecular weight is 275 g/mol. The molecule has 1 aromatic rings. The van der Waals surface area contributed by atoms with Gasteiger partial charge in [0.15, 0.2) is 0 Å². The van der Waals surface area contributed by atoms with E-state index in [2.05, 4.69) is 24.1 Å². The molecule has 0 saturated carbocycles. The maximum atomic E-state index is 13.2. The first-order chi connectivity index (χ1) is 8.04. The van der Waals surface area contributed by atoms with Gasteiger partial charge in [-0.3, -0.25) is 4.90 Å². The Balaban J connectivity index is 0.00000162. The monoisotopic (exact) mass is 274 g/mol. The van der Waals surface area contributed by atoms with Crippen LogP contribution in [0.15, 0.2) is 18.2 Å². The van der Waals surface area contributed by atoms with Gasteiger partial charge in [-0.25, -0.2) is 4.39 Å². The van der Waals surface area contributed by atoms with E-state index in [1.807, 2.05) is 0 Å². The molecule has 0 aliphatic carbocycles. The van der Waals surface area contributed by atoms with E-state index in [-0.39, 0.29) is 24.0 Å². The van der Waals surface area contributed by atoms with Crippen molar-refractivity contribution >= 4 is 12.4 Å². The van der Waals surface area contributed by atoms with Crippen molar-refractivity contribution in [1.29, 1.82) is 0 Å². The van der Waals surface area contributed by atoms with Crippen LogP contribution in [0.5, 0.6) is 5.75 Å². The molecule has 5 heteroatoms. The van der Waals surface area contributed by atoms with Crippen LogP contribution in [-0.4, -0.2) is 35.2 Å². The van der Waals surface area contributed by atoms with Crippen LogP contribution in [0.25, 0.3) is 0 Å². The topological polar surface area (TPSA) is 35.5 Å². The number of rotatable bonds is 2. The van der Waals surface area contributed by atoms with Gasteiger partial charge in [0.05, 0.1) is 0 Å². The van der Waals surface area contributed by atoms with E-state index >= 15 is 0 Å². The van der Waals surface area contributed by atoms with E-state index in [0.717, 1.165) is 24.7 Å². The Hall–Kier alpha value is -0.840. The van der Waals surface area contributed by atoms with Gasteiger partial charge in [0, 0.05) is 37.8 Å². The third-order valence-corrected chi connectivity index (χ3v) is 3.22. The number of aromatic hydroxyl groups is 1. The minimum absolute atomic E-state index is 0. The molecular formula is C13H20ClFN2O. The lowest BCUT2D eigenvalue weighted by Gasteiger charge is -2.37.